The lowest BCUT2D eigenvalue weighted by atomic mass is 10.1. The molecule has 0 fully saturated rings. The van der Waals surface area contributed by atoms with Gasteiger partial charge < -0.3 is 10.2 Å². The number of sulfonamides is 1. The molecule has 0 spiro atoms. The summed E-state index contributed by atoms with van der Waals surface area (Å²) in [5, 5.41) is 3.02. The monoisotopic (exact) mass is 465 g/mol. The topological polar surface area (TPSA) is 86.8 Å². The molecule has 0 radical (unpaired) electrons. The molecule has 0 saturated carbocycles. The van der Waals surface area contributed by atoms with Gasteiger partial charge in [0.1, 0.15) is 12.6 Å². The minimum Gasteiger partial charge on any atom is -0.357 e. The van der Waals surface area contributed by atoms with Crippen LogP contribution >= 0.6 is 11.6 Å². The van der Waals surface area contributed by atoms with Gasteiger partial charge in [-0.05, 0) is 49.6 Å². The van der Waals surface area contributed by atoms with Crippen molar-refractivity contribution in [3.8, 4) is 0 Å². The van der Waals surface area contributed by atoms with Gasteiger partial charge in [0.05, 0.1) is 11.9 Å². The predicted molar refractivity (Wildman–Crippen MR) is 124 cm³/mol. The van der Waals surface area contributed by atoms with Gasteiger partial charge in [0.15, 0.2) is 0 Å². The molecule has 2 aromatic rings. The van der Waals surface area contributed by atoms with E-state index < -0.39 is 28.5 Å². The largest absolute Gasteiger partial charge is 0.357 e. The van der Waals surface area contributed by atoms with Gasteiger partial charge in [-0.3, -0.25) is 13.9 Å². The summed E-state index contributed by atoms with van der Waals surface area (Å²) in [6.07, 6.45) is 1.58. The highest BCUT2D eigenvalue weighted by atomic mass is 35.5. The lowest BCUT2D eigenvalue weighted by Gasteiger charge is -2.31. The van der Waals surface area contributed by atoms with Crippen LogP contribution in [0.3, 0.4) is 0 Å². The number of hydrogen-bond acceptors (Lipinski definition) is 4. The van der Waals surface area contributed by atoms with E-state index in [4.69, 9.17) is 11.6 Å². The van der Waals surface area contributed by atoms with Crippen LogP contribution in [0.25, 0.3) is 0 Å². The average Bonchev–Trinajstić information content (AvgIpc) is 2.72. The summed E-state index contributed by atoms with van der Waals surface area (Å²) in [6.45, 7) is 3.20. The molecule has 2 aromatic carbocycles. The van der Waals surface area contributed by atoms with Crippen LogP contribution in [0.5, 0.6) is 0 Å². The molecule has 7 nitrogen and oxygen atoms in total. The summed E-state index contributed by atoms with van der Waals surface area (Å²) in [6, 6.07) is 13.6. The molecule has 2 amide bonds. The number of amides is 2. The maximum atomic E-state index is 13.2. The van der Waals surface area contributed by atoms with Gasteiger partial charge in [-0.1, -0.05) is 41.9 Å². The van der Waals surface area contributed by atoms with Crippen LogP contribution in [0.1, 0.15) is 18.1 Å². The van der Waals surface area contributed by atoms with Crippen LogP contribution in [-0.2, 0) is 26.0 Å². The second-order valence-electron chi connectivity index (χ2n) is 7.31. The predicted octanol–water partition coefficient (Wildman–Crippen LogP) is 2.62. The Bertz CT molecular complexity index is 1030. The summed E-state index contributed by atoms with van der Waals surface area (Å²) in [5.41, 5.74) is 2.01. The van der Waals surface area contributed by atoms with Crippen molar-refractivity contribution in [1.82, 2.24) is 10.2 Å². The van der Waals surface area contributed by atoms with Gasteiger partial charge in [-0.15, -0.1) is 0 Å². The van der Waals surface area contributed by atoms with Crippen LogP contribution < -0.4 is 9.62 Å². The van der Waals surface area contributed by atoms with E-state index in [1.165, 1.54) is 11.9 Å². The number of nitrogens with zero attached hydrogens (tertiary/aromatic N) is 2. The normalized spacial score (nSPS) is 12.2. The molecule has 168 valence electrons. The van der Waals surface area contributed by atoms with Crippen molar-refractivity contribution in [2.24, 2.45) is 0 Å². The first-order valence-corrected chi connectivity index (χ1v) is 12.1. The van der Waals surface area contributed by atoms with Gasteiger partial charge in [0.25, 0.3) is 0 Å². The summed E-state index contributed by atoms with van der Waals surface area (Å²) >= 11 is 6.00. The number of carbonyl (C=O) groups is 2. The van der Waals surface area contributed by atoms with E-state index >= 15 is 0 Å². The van der Waals surface area contributed by atoms with Crippen molar-refractivity contribution in [3.05, 3.63) is 64.7 Å². The number of halogens is 1. The summed E-state index contributed by atoms with van der Waals surface area (Å²) in [7, 11) is -2.26. The number of rotatable bonds is 9. The van der Waals surface area contributed by atoms with Crippen LogP contribution in [0.2, 0.25) is 5.02 Å². The third-order valence-corrected chi connectivity index (χ3v) is 6.37. The molecule has 0 saturated heterocycles. The molecular weight excluding hydrogens is 438 g/mol. The van der Waals surface area contributed by atoms with Crippen LogP contribution in [0, 0.1) is 6.92 Å². The summed E-state index contributed by atoms with van der Waals surface area (Å²) in [4.78, 5) is 26.9. The highest BCUT2D eigenvalue weighted by Gasteiger charge is 2.29. The Labute approximate surface area is 189 Å². The number of nitrogens with one attached hydrogen (secondary N) is 1. The number of likely N-dealkylation sites (N-methyl/N-ethyl adjacent to an activating group) is 1. The van der Waals surface area contributed by atoms with E-state index in [0.29, 0.717) is 22.7 Å². The van der Waals surface area contributed by atoms with Gasteiger partial charge in [0, 0.05) is 18.6 Å². The van der Waals surface area contributed by atoms with Gasteiger partial charge in [-0.25, -0.2) is 8.42 Å². The molecule has 0 bridgehead atoms. The van der Waals surface area contributed by atoms with E-state index in [9.17, 15) is 18.0 Å². The first-order valence-electron chi connectivity index (χ1n) is 9.83. The highest BCUT2D eigenvalue weighted by molar-refractivity contribution is 7.92. The summed E-state index contributed by atoms with van der Waals surface area (Å²) in [5.74, 6) is -0.790. The quantitative estimate of drug-likeness (QED) is 0.616. The Balaban J connectivity index is 2.32. The second kappa shape index (κ2) is 10.6. The molecule has 1 N–H and O–H groups in total. The van der Waals surface area contributed by atoms with Gasteiger partial charge >= 0.3 is 0 Å². The zero-order valence-electron chi connectivity index (χ0n) is 18.1. The van der Waals surface area contributed by atoms with Gasteiger partial charge in [-0.2, -0.15) is 0 Å². The SMILES string of the molecule is CNC(=O)[C@H](C)N(CCc1ccccc1)C(=O)CN(c1ccc(Cl)cc1C)S(C)(=O)=O. The van der Waals surface area contributed by atoms with Crippen molar-refractivity contribution in [3.63, 3.8) is 0 Å². The Morgan fingerprint density at radius 3 is 2.32 bits per heavy atom. The molecule has 0 aliphatic rings. The lowest BCUT2D eigenvalue weighted by molar-refractivity contribution is -0.138. The van der Waals surface area contributed by atoms with E-state index in [2.05, 4.69) is 5.32 Å². The fourth-order valence-electron chi connectivity index (χ4n) is 3.27. The van der Waals surface area contributed by atoms with Gasteiger partial charge in [0.2, 0.25) is 21.8 Å². The third kappa shape index (κ3) is 6.70. The number of anilines is 1. The molecule has 9 heteroatoms. The average molecular weight is 466 g/mol. The zero-order valence-corrected chi connectivity index (χ0v) is 19.7. The van der Waals surface area contributed by atoms with E-state index in [-0.39, 0.29) is 12.5 Å². The molecule has 0 aliphatic heterocycles. The number of hydrogen-bond donors (Lipinski definition) is 1. The van der Waals surface area contributed by atoms with Crippen molar-refractivity contribution >= 4 is 39.1 Å². The van der Waals surface area contributed by atoms with E-state index in [1.807, 2.05) is 30.3 Å². The van der Waals surface area contributed by atoms with E-state index in [1.54, 1.807) is 32.0 Å². The first-order chi connectivity index (χ1) is 14.5. The molecule has 0 unspecified atom stereocenters. The molecule has 0 aromatic heterocycles. The fraction of sp³-hybridized carbons (Fsp3) is 0.364. The Morgan fingerprint density at radius 1 is 1.13 bits per heavy atom. The zero-order chi connectivity index (χ0) is 23.2. The van der Waals surface area contributed by atoms with Crippen LogP contribution in [0.15, 0.2) is 48.5 Å². The second-order valence-corrected chi connectivity index (χ2v) is 9.66. The maximum Gasteiger partial charge on any atom is 0.244 e. The Hall–Kier alpha value is -2.58. The fourth-order valence-corrected chi connectivity index (χ4v) is 4.41. The number of benzene rings is 2. The van der Waals surface area contributed by atoms with Crippen molar-refractivity contribution < 1.29 is 18.0 Å². The number of aryl methyl sites for hydroxylation is 1. The highest BCUT2D eigenvalue weighted by Crippen LogP contribution is 2.25. The molecule has 1 atom stereocenters. The molecule has 2 rings (SSSR count). The van der Waals surface area contributed by atoms with Crippen molar-refractivity contribution in [2.75, 3.05) is 30.7 Å². The van der Waals surface area contributed by atoms with Crippen molar-refractivity contribution in [1.29, 1.82) is 0 Å². The molecule has 31 heavy (non-hydrogen) atoms. The van der Waals surface area contributed by atoms with Crippen molar-refractivity contribution in [2.45, 2.75) is 26.3 Å². The summed E-state index contributed by atoms with van der Waals surface area (Å²) < 4.78 is 26.1. The molecule has 0 heterocycles. The minimum absolute atomic E-state index is 0.272. The van der Waals surface area contributed by atoms with Crippen LogP contribution in [-0.4, -0.2) is 57.6 Å². The lowest BCUT2D eigenvalue weighted by Crippen LogP contribution is -2.51. The van der Waals surface area contributed by atoms with E-state index in [0.717, 1.165) is 16.1 Å². The van der Waals surface area contributed by atoms with Crippen LogP contribution in [0.4, 0.5) is 5.69 Å². The first kappa shape index (κ1) is 24.7. The Morgan fingerprint density at radius 2 is 1.77 bits per heavy atom. The standard InChI is InChI=1S/C22H28ClN3O4S/c1-16-14-19(23)10-11-20(16)26(31(4,29)30)15-21(27)25(17(2)22(28)24-3)13-12-18-8-6-5-7-9-18/h5-11,14,17H,12-13,15H2,1-4H3,(H,24,28)/t17-/m0/s1. The third-order valence-electron chi connectivity index (χ3n) is 5.00. The smallest absolute Gasteiger partial charge is 0.244 e. The number of carbonyl (C=O) groups excluding carboxylic acids is 2. The maximum absolute atomic E-state index is 13.2. The minimum atomic E-state index is -3.76. The molecular formula is C22H28ClN3O4S. The Kier molecular flexibility index (Phi) is 8.47. The molecule has 0 aliphatic carbocycles.